The van der Waals surface area contributed by atoms with Crippen LogP contribution in [-0.2, 0) is 21.0 Å². The molecule has 33 heavy (non-hydrogen) atoms. The van der Waals surface area contributed by atoms with Gasteiger partial charge < -0.3 is 14.8 Å². The van der Waals surface area contributed by atoms with Gasteiger partial charge in [-0.2, -0.15) is 17.5 Å². The summed E-state index contributed by atoms with van der Waals surface area (Å²) in [4.78, 5) is 12.6. The molecule has 2 aromatic rings. The molecule has 0 spiro atoms. The summed E-state index contributed by atoms with van der Waals surface area (Å²) >= 11 is 5.60. The van der Waals surface area contributed by atoms with E-state index in [2.05, 4.69) is 5.32 Å². The number of ether oxygens (including phenoxy) is 2. The molecular formula is C21H22ClF3N2O5S. The molecule has 180 valence electrons. The molecule has 1 heterocycles. The van der Waals surface area contributed by atoms with E-state index in [-0.39, 0.29) is 42.3 Å². The fourth-order valence-electron chi connectivity index (χ4n) is 3.55. The van der Waals surface area contributed by atoms with Gasteiger partial charge in [-0.25, -0.2) is 8.42 Å². The molecule has 1 aliphatic heterocycles. The zero-order chi connectivity index (χ0) is 24.4. The van der Waals surface area contributed by atoms with Crippen molar-refractivity contribution in [3.8, 4) is 11.5 Å². The van der Waals surface area contributed by atoms with Gasteiger partial charge in [0.15, 0.2) is 11.5 Å². The number of rotatable bonds is 6. The largest absolute Gasteiger partial charge is 0.493 e. The molecule has 0 aliphatic carbocycles. The summed E-state index contributed by atoms with van der Waals surface area (Å²) in [5, 5.41) is 2.00. The average molecular weight is 507 g/mol. The first-order valence-corrected chi connectivity index (χ1v) is 11.7. The molecule has 0 aromatic heterocycles. The number of carbonyl (C=O) groups is 1. The number of piperidine rings is 1. The van der Waals surface area contributed by atoms with Crippen LogP contribution in [-0.4, -0.2) is 45.9 Å². The third kappa shape index (κ3) is 5.53. The molecule has 0 atom stereocenters. The molecular weight excluding hydrogens is 485 g/mol. The molecule has 0 unspecified atom stereocenters. The predicted molar refractivity (Wildman–Crippen MR) is 116 cm³/mol. The number of hydrogen-bond acceptors (Lipinski definition) is 5. The minimum absolute atomic E-state index is 0.0305. The molecule has 1 saturated heterocycles. The number of amides is 1. The Morgan fingerprint density at radius 1 is 1.06 bits per heavy atom. The van der Waals surface area contributed by atoms with Gasteiger partial charge in [-0.05, 0) is 43.2 Å². The average Bonchev–Trinajstić information content (AvgIpc) is 2.79. The van der Waals surface area contributed by atoms with E-state index in [0.29, 0.717) is 5.75 Å². The Bertz CT molecular complexity index is 1130. The summed E-state index contributed by atoms with van der Waals surface area (Å²) < 4.78 is 76.6. The van der Waals surface area contributed by atoms with E-state index < -0.39 is 38.6 Å². The lowest BCUT2D eigenvalue weighted by molar-refractivity contribution is -0.137. The molecule has 1 amide bonds. The lowest BCUT2D eigenvalue weighted by Crippen LogP contribution is -2.41. The number of nitrogens with zero attached hydrogens (tertiary/aromatic N) is 1. The highest BCUT2D eigenvalue weighted by molar-refractivity contribution is 7.89. The maximum Gasteiger partial charge on any atom is 0.417 e. The number of benzene rings is 2. The Balaban J connectivity index is 1.67. The first-order valence-electron chi connectivity index (χ1n) is 9.87. The van der Waals surface area contributed by atoms with Crippen LogP contribution in [0.3, 0.4) is 0 Å². The minimum atomic E-state index is -4.65. The quantitative estimate of drug-likeness (QED) is 0.627. The highest BCUT2D eigenvalue weighted by Gasteiger charge is 2.35. The van der Waals surface area contributed by atoms with Crippen LogP contribution in [0.5, 0.6) is 11.5 Å². The SMILES string of the molecule is COc1ccc(S(=O)(=O)N2CCC(C(=O)Nc3ccc(Cl)c(C(F)(F)F)c3)CC2)cc1OC. The normalized spacial score (nSPS) is 15.8. The lowest BCUT2D eigenvalue weighted by Gasteiger charge is -2.30. The summed E-state index contributed by atoms with van der Waals surface area (Å²) in [6.45, 7) is 0.173. The van der Waals surface area contributed by atoms with E-state index in [9.17, 15) is 26.4 Å². The molecule has 3 rings (SSSR count). The number of sulfonamides is 1. The maximum absolute atomic E-state index is 13.0. The van der Waals surface area contributed by atoms with Gasteiger partial charge in [0.1, 0.15) is 0 Å². The fourth-order valence-corrected chi connectivity index (χ4v) is 5.26. The van der Waals surface area contributed by atoms with E-state index >= 15 is 0 Å². The van der Waals surface area contributed by atoms with Crippen molar-refractivity contribution in [1.82, 2.24) is 4.31 Å². The molecule has 0 radical (unpaired) electrons. The first-order chi connectivity index (χ1) is 15.5. The third-order valence-corrected chi connectivity index (χ3v) is 7.58. The summed E-state index contributed by atoms with van der Waals surface area (Å²) in [5.74, 6) is -0.364. The molecule has 1 N–H and O–H groups in total. The van der Waals surface area contributed by atoms with Crippen molar-refractivity contribution in [2.75, 3.05) is 32.6 Å². The fraction of sp³-hybridized carbons (Fsp3) is 0.381. The standard InChI is InChI=1S/C21H22ClF3N2O5S/c1-31-18-6-4-15(12-19(18)32-2)33(29,30)27-9-7-13(8-10-27)20(28)26-14-3-5-17(22)16(11-14)21(23,24)25/h3-6,11-13H,7-10H2,1-2H3,(H,26,28). The van der Waals surface area contributed by atoms with Crippen molar-refractivity contribution in [2.24, 2.45) is 5.92 Å². The van der Waals surface area contributed by atoms with Gasteiger partial charge >= 0.3 is 6.18 Å². The van der Waals surface area contributed by atoms with Gasteiger partial charge in [-0.1, -0.05) is 11.6 Å². The van der Waals surface area contributed by atoms with E-state index in [1.165, 1.54) is 42.8 Å². The lowest BCUT2D eigenvalue weighted by atomic mass is 9.97. The van der Waals surface area contributed by atoms with Gasteiger partial charge in [0.25, 0.3) is 0 Å². The van der Waals surface area contributed by atoms with Gasteiger partial charge in [0.2, 0.25) is 15.9 Å². The Kier molecular flexibility index (Phi) is 7.45. The first kappa shape index (κ1) is 25.1. The second-order valence-corrected chi connectivity index (χ2v) is 9.72. The van der Waals surface area contributed by atoms with Crippen molar-refractivity contribution in [1.29, 1.82) is 0 Å². The van der Waals surface area contributed by atoms with E-state index in [1.54, 1.807) is 0 Å². The Hall–Kier alpha value is -2.50. The highest BCUT2D eigenvalue weighted by Crippen LogP contribution is 2.36. The molecule has 1 fully saturated rings. The topological polar surface area (TPSA) is 84.9 Å². The van der Waals surface area contributed by atoms with Crippen LogP contribution in [0.15, 0.2) is 41.3 Å². The van der Waals surface area contributed by atoms with Crippen LogP contribution in [0.25, 0.3) is 0 Å². The van der Waals surface area contributed by atoms with Crippen molar-refractivity contribution in [3.05, 3.63) is 47.0 Å². The van der Waals surface area contributed by atoms with Crippen LogP contribution in [0.1, 0.15) is 18.4 Å². The number of alkyl halides is 3. The number of hydrogen-bond donors (Lipinski definition) is 1. The van der Waals surface area contributed by atoms with Gasteiger partial charge in [0, 0.05) is 30.8 Å². The molecule has 12 heteroatoms. The van der Waals surface area contributed by atoms with Crippen LogP contribution in [0.4, 0.5) is 18.9 Å². The van der Waals surface area contributed by atoms with Crippen LogP contribution >= 0.6 is 11.6 Å². The number of nitrogens with one attached hydrogen (secondary N) is 1. The second-order valence-electron chi connectivity index (χ2n) is 7.38. The Labute approximate surface area is 194 Å². The Morgan fingerprint density at radius 2 is 1.70 bits per heavy atom. The van der Waals surface area contributed by atoms with E-state index in [4.69, 9.17) is 21.1 Å². The summed E-state index contributed by atoms with van der Waals surface area (Å²) in [5.41, 5.74) is -1.07. The summed E-state index contributed by atoms with van der Waals surface area (Å²) in [7, 11) is -0.988. The third-order valence-electron chi connectivity index (χ3n) is 5.36. The van der Waals surface area contributed by atoms with E-state index in [0.717, 1.165) is 12.1 Å². The Morgan fingerprint density at radius 3 is 2.27 bits per heavy atom. The number of halogens is 4. The zero-order valence-corrected chi connectivity index (χ0v) is 19.4. The number of anilines is 1. The maximum atomic E-state index is 13.0. The van der Waals surface area contributed by atoms with Gasteiger partial charge in [-0.3, -0.25) is 4.79 Å². The van der Waals surface area contributed by atoms with Gasteiger partial charge in [0.05, 0.1) is 29.7 Å². The molecule has 1 aliphatic rings. The predicted octanol–water partition coefficient (Wildman–Crippen LogP) is 4.42. The van der Waals surface area contributed by atoms with Gasteiger partial charge in [-0.15, -0.1) is 0 Å². The van der Waals surface area contributed by atoms with Crippen LogP contribution in [0.2, 0.25) is 5.02 Å². The smallest absolute Gasteiger partial charge is 0.417 e. The number of methoxy groups -OCH3 is 2. The highest BCUT2D eigenvalue weighted by atomic mass is 35.5. The minimum Gasteiger partial charge on any atom is -0.493 e. The van der Waals surface area contributed by atoms with E-state index in [1.807, 2.05) is 0 Å². The summed E-state index contributed by atoms with van der Waals surface area (Å²) in [6.07, 6.45) is -4.21. The van der Waals surface area contributed by atoms with Crippen molar-refractivity contribution in [3.63, 3.8) is 0 Å². The van der Waals surface area contributed by atoms with Crippen molar-refractivity contribution >= 4 is 33.2 Å². The zero-order valence-electron chi connectivity index (χ0n) is 17.8. The molecule has 7 nitrogen and oxygen atoms in total. The summed E-state index contributed by atoms with van der Waals surface area (Å²) in [6, 6.07) is 7.40. The van der Waals surface area contributed by atoms with Crippen molar-refractivity contribution < 1.29 is 35.9 Å². The van der Waals surface area contributed by atoms with Crippen LogP contribution < -0.4 is 14.8 Å². The number of carbonyl (C=O) groups excluding carboxylic acids is 1. The van der Waals surface area contributed by atoms with Crippen LogP contribution in [0, 0.1) is 5.92 Å². The second kappa shape index (κ2) is 9.78. The monoisotopic (exact) mass is 506 g/mol. The van der Waals surface area contributed by atoms with Crippen molar-refractivity contribution in [2.45, 2.75) is 23.9 Å². The molecule has 0 saturated carbocycles. The molecule has 0 bridgehead atoms. The molecule has 2 aromatic carbocycles.